The maximum absolute atomic E-state index is 11.7. The molecular weight excluding hydrogens is 340 g/mol. The normalized spacial score (nSPS) is 20.3. The zero-order chi connectivity index (χ0) is 17.8. The lowest BCUT2D eigenvalue weighted by atomic mass is 9.87. The van der Waals surface area contributed by atoms with Gasteiger partial charge in [-0.25, -0.2) is 9.97 Å². The second-order valence-corrected chi connectivity index (χ2v) is 7.12. The lowest BCUT2D eigenvalue weighted by Gasteiger charge is -2.27. The maximum Gasteiger partial charge on any atom is 0.308 e. The molecule has 1 saturated carbocycles. The number of carbonyl (C=O) groups excluding carboxylic acids is 1. The van der Waals surface area contributed by atoms with Gasteiger partial charge in [0.25, 0.3) is 0 Å². The minimum absolute atomic E-state index is 0.0190. The number of thiophene rings is 1. The van der Waals surface area contributed by atoms with Gasteiger partial charge in [0.2, 0.25) is 5.88 Å². The Bertz CT molecular complexity index is 746. The molecule has 2 aromatic heterocycles. The molecule has 1 N–H and O–H groups in total. The van der Waals surface area contributed by atoms with Gasteiger partial charge in [-0.1, -0.05) is 0 Å². The van der Waals surface area contributed by atoms with E-state index >= 15 is 0 Å². The van der Waals surface area contributed by atoms with Gasteiger partial charge in [0.15, 0.2) is 0 Å². The van der Waals surface area contributed by atoms with E-state index in [-0.39, 0.29) is 24.6 Å². The van der Waals surface area contributed by atoms with Crippen molar-refractivity contribution in [2.75, 3.05) is 7.11 Å². The topological polar surface area (TPSA) is 81.5 Å². The molecule has 1 fully saturated rings. The van der Waals surface area contributed by atoms with Crippen molar-refractivity contribution in [3.05, 3.63) is 28.9 Å². The number of methoxy groups -OCH3 is 1. The van der Waals surface area contributed by atoms with E-state index in [1.165, 1.54) is 18.4 Å². The molecule has 0 amide bonds. The van der Waals surface area contributed by atoms with E-state index in [2.05, 4.69) is 9.97 Å². The lowest BCUT2D eigenvalue weighted by Crippen LogP contribution is -2.30. The van der Waals surface area contributed by atoms with E-state index in [0.717, 1.165) is 35.4 Å². The van der Waals surface area contributed by atoms with Gasteiger partial charge in [0.1, 0.15) is 11.8 Å². The van der Waals surface area contributed by atoms with Gasteiger partial charge in [-0.05, 0) is 49.6 Å². The number of aromatic nitrogens is 2. The Hall–Kier alpha value is -1.99. The molecule has 2 heterocycles. The zero-order valence-corrected chi connectivity index (χ0v) is 15.2. The van der Waals surface area contributed by atoms with Gasteiger partial charge in [0.05, 0.1) is 36.4 Å². The van der Waals surface area contributed by atoms with E-state index in [9.17, 15) is 9.90 Å². The van der Waals surface area contributed by atoms with Crippen molar-refractivity contribution in [1.82, 2.24) is 9.97 Å². The summed E-state index contributed by atoms with van der Waals surface area (Å²) in [6.45, 7) is 1.84. The second-order valence-electron chi connectivity index (χ2n) is 6.21. The average Bonchev–Trinajstić information content (AvgIpc) is 3.11. The Morgan fingerprint density at radius 1 is 1.44 bits per heavy atom. The Balaban J connectivity index is 1.72. The van der Waals surface area contributed by atoms with E-state index in [0.29, 0.717) is 18.0 Å². The number of nitrogens with zero attached hydrogens (tertiary/aromatic N) is 2. The van der Waals surface area contributed by atoms with Crippen LogP contribution in [0.4, 0.5) is 0 Å². The van der Waals surface area contributed by atoms with E-state index in [1.54, 1.807) is 6.20 Å². The molecule has 1 aliphatic carbocycles. The summed E-state index contributed by atoms with van der Waals surface area (Å²) in [6.07, 6.45) is 4.95. The fraction of sp³-hybridized carbons (Fsp3) is 0.500. The number of esters is 1. The predicted octanol–water partition coefficient (Wildman–Crippen LogP) is 3.12. The highest BCUT2D eigenvalue weighted by atomic mass is 32.1. The van der Waals surface area contributed by atoms with Gasteiger partial charge in [-0.2, -0.15) is 0 Å². The minimum atomic E-state index is -0.166. The summed E-state index contributed by atoms with van der Waals surface area (Å²) in [4.78, 5) is 21.7. The van der Waals surface area contributed by atoms with E-state index in [4.69, 9.17) is 9.47 Å². The summed E-state index contributed by atoms with van der Waals surface area (Å²) in [5, 5.41) is 11.3. The van der Waals surface area contributed by atoms with Gasteiger partial charge >= 0.3 is 5.97 Å². The predicted molar refractivity (Wildman–Crippen MR) is 94.4 cm³/mol. The molecule has 25 heavy (non-hydrogen) atoms. The van der Waals surface area contributed by atoms with Crippen LogP contribution in [0.3, 0.4) is 0 Å². The Morgan fingerprint density at radius 2 is 2.28 bits per heavy atom. The van der Waals surface area contributed by atoms with Crippen molar-refractivity contribution < 1.29 is 19.4 Å². The summed E-state index contributed by atoms with van der Waals surface area (Å²) in [6, 6.07) is 1.89. The first-order chi connectivity index (χ1) is 12.1. The number of hydrogen-bond acceptors (Lipinski definition) is 7. The van der Waals surface area contributed by atoms with Gasteiger partial charge < -0.3 is 14.6 Å². The number of carbonyl (C=O) groups is 1. The molecule has 0 aliphatic heterocycles. The highest BCUT2D eigenvalue weighted by molar-refractivity contribution is 7.13. The van der Waals surface area contributed by atoms with Gasteiger partial charge in [0, 0.05) is 0 Å². The highest BCUT2D eigenvalue weighted by Crippen LogP contribution is 2.31. The molecule has 0 saturated heterocycles. The molecule has 7 heteroatoms. The van der Waals surface area contributed by atoms with Crippen LogP contribution in [0.2, 0.25) is 0 Å². The fourth-order valence-corrected chi connectivity index (χ4v) is 4.04. The van der Waals surface area contributed by atoms with Crippen molar-refractivity contribution in [2.45, 2.75) is 45.3 Å². The third-order valence-corrected chi connectivity index (χ3v) is 5.47. The average molecular weight is 362 g/mol. The summed E-state index contributed by atoms with van der Waals surface area (Å²) in [5.74, 6) is 0.233. The Labute approximate surface area is 150 Å². The van der Waals surface area contributed by atoms with Crippen LogP contribution in [0.1, 0.15) is 36.9 Å². The summed E-state index contributed by atoms with van der Waals surface area (Å²) in [5.41, 5.74) is 2.29. The number of aryl methyl sites for hydroxylation is 1. The molecular formula is C18H22N2O4S. The van der Waals surface area contributed by atoms with Crippen molar-refractivity contribution in [3.63, 3.8) is 0 Å². The van der Waals surface area contributed by atoms with Crippen LogP contribution in [0, 0.1) is 12.8 Å². The summed E-state index contributed by atoms with van der Waals surface area (Å²) >= 11 is 1.53. The molecule has 2 aromatic rings. The molecule has 0 aromatic carbocycles. The van der Waals surface area contributed by atoms with E-state index < -0.39 is 0 Å². The summed E-state index contributed by atoms with van der Waals surface area (Å²) < 4.78 is 10.9. The van der Waals surface area contributed by atoms with Crippen molar-refractivity contribution in [3.8, 4) is 16.5 Å². The monoisotopic (exact) mass is 362 g/mol. The smallest absolute Gasteiger partial charge is 0.308 e. The Morgan fingerprint density at radius 3 is 3.00 bits per heavy atom. The zero-order valence-electron chi connectivity index (χ0n) is 14.4. The van der Waals surface area contributed by atoms with Crippen LogP contribution in [0.5, 0.6) is 5.88 Å². The fourth-order valence-electron chi connectivity index (χ4n) is 3.17. The quantitative estimate of drug-likeness (QED) is 0.823. The van der Waals surface area contributed by atoms with Gasteiger partial charge in [-0.3, -0.25) is 4.79 Å². The number of aliphatic hydroxyl groups excluding tert-OH is 1. The first-order valence-electron chi connectivity index (χ1n) is 8.38. The largest absolute Gasteiger partial charge is 0.473 e. The Kier molecular flexibility index (Phi) is 5.65. The second kappa shape index (κ2) is 7.93. The van der Waals surface area contributed by atoms with Crippen LogP contribution in [0.15, 0.2) is 17.6 Å². The minimum Gasteiger partial charge on any atom is -0.473 e. The first-order valence-corrected chi connectivity index (χ1v) is 9.26. The number of rotatable bonds is 5. The molecule has 134 valence electrons. The molecule has 0 radical (unpaired) electrons. The number of ether oxygens (including phenoxy) is 2. The van der Waals surface area contributed by atoms with Crippen LogP contribution in [0.25, 0.3) is 10.6 Å². The third-order valence-electron chi connectivity index (χ3n) is 4.49. The van der Waals surface area contributed by atoms with Crippen LogP contribution < -0.4 is 4.74 Å². The number of hydrogen-bond donors (Lipinski definition) is 1. The van der Waals surface area contributed by atoms with Gasteiger partial charge in [-0.15, -0.1) is 11.3 Å². The van der Waals surface area contributed by atoms with Crippen molar-refractivity contribution >= 4 is 17.3 Å². The first kappa shape index (κ1) is 17.8. The molecule has 2 atom stereocenters. The highest BCUT2D eigenvalue weighted by Gasteiger charge is 2.29. The third kappa shape index (κ3) is 3.99. The molecule has 1 aliphatic rings. The van der Waals surface area contributed by atoms with Crippen LogP contribution in [-0.2, 0) is 16.1 Å². The molecule has 0 bridgehead atoms. The van der Waals surface area contributed by atoms with E-state index in [1.807, 2.05) is 18.4 Å². The standard InChI is InChI=1S/C18H22N2O4S/c1-11-17(24-14-5-3-4-12(8-14)18(22)23-2)19-9-15(20-11)16-13(10-21)6-7-25-16/h6-7,9,12,14,21H,3-5,8,10H2,1-2H3/t12-,14-/m0/s1. The van der Waals surface area contributed by atoms with Crippen molar-refractivity contribution in [1.29, 1.82) is 0 Å². The maximum atomic E-state index is 11.7. The molecule has 3 rings (SSSR count). The SMILES string of the molecule is COC(=O)[C@H]1CCC[C@H](Oc2ncc(-c3sccc3CO)nc2C)C1. The number of aliphatic hydroxyl groups is 1. The lowest BCUT2D eigenvalue weighted by molar-refractivity contribution is -0.147. The van der Waals surface area contributed by atoms with Crippen LogP contribution >= 0.6 is 11.3 Å². The summed E-state index contributed by atoms with van der Waals surface area (Å²) in [7, 11) is 1.42. The van der Waals surface area contributed by atoms with Crippen LogP contribution in [-0.4, -0.2) is 34.3 Å². The molecule has 0 unspecified atom stereocenters. The molecule has 0 spiro atoms. The van der Waals surface area contributed by atoms with Crippen molar-refractivity contribution in [2.24, 2.45) is 5.92 Å². The molecule has 6 nitrogen and oxygen atoms in total.